The van der Waals surface area contributed by atoms with Crippen molar-refractivity contribution in [2.75, 3.05) is 26.8 Å². The van der Waals surface area contributed by atoms with E-state index in [0.29, 0.717) is 25.4 Å². The first kappa shape index (κ1) is 19.6. The maximum absolute atomic E-state index is 13.6. The molecule has 3 rings (SSSR count). The molecule has 0 N–H and O–H groups in total. The molecule has 1 aliphatic heterocycles. The summed E-state index contributed by atoms with van der Waals surface area (Å²) >= 11 is 0. The first-order valence-electron chi connectivity index (χ1n) is 8.79. The molecule has 1 aromatic heterocycles. The molecule has 0 spiro atoms. The number of halogens is 1. The van der Waals surface area contributed by atoms with Gasteiger partial charge in [0.15, 0.2) is 0 Å². The normalized spacial score (nSPS) is 18.3. The Morgan fingerprint density at radius 2 is 2.11 bits per heavy atom. The van der Waals surface area contributed by atoms with Gasteiger partial charge < -0.3 is 9.47 Å². The van der Waals surface area contributed by atoms with Gasteiger partial charge in [0.2, 0.25) is 10.0 Å². The van der Waals surface area contributed by atoms with Gasteiger partial charge in [-0.15, -0.1) is 0 Å². The summed E-state index contributed by atoms with van der Waals surface area (Å²) in [6.07, 6.45) is 3.27. The van der Waals surface area contributed by atoms with E-state index in [2.05, 4.69) is 4.98 Å². The van der Waals surface area contributed by atoms with Crippen LogP contribution < -0.4 is 9.47 Å². The Labute approximate surface area is 159 Å². The zero-order valence-electron chi connectivity index (χ0n) is 15.4. The van der Waals surface area contributed by atoms with Crippen LogP contribution in [0.5, 0.6) is 11.5 Å². The number of aromatic nitrogens is 1. The van der Waals surface area contributed by atoms with Gasteiger partial charge in [0.05, 0.1) is 13.7 Å². The van der Waals surface area contributed by atoms with Gasteiger partial charge in [-0.2, -0.15) is 4.31 Å². The molecule has 1 atom stereocenters. The number of ether oxygens (including phenoxy) is 2. The van der Waals surface area contributed by atoms with E-state index in [1.165, 1.54) is 23.5 Å². The molecule has 8 heteroatoms. The van der Waals surface area contributed by atoms with Gasteiger partial charge >= 0.3 is 0 Å². The highest BCUT2D eigenvalue weighted by molar-refractivity contribution is 7.89. The molecular weight excluding hydrogens is 371 g/mol. The molecule has 27 heavy (non-hydrogen) atoms. The molecule has 1 aromatic carbocycles. The number of rotatable bonds is 6. The van der Waals surface area contributed by atoms with Crippen LogP contribution in [0, 0.1) is 18.7 Å². The number of hydrogen-bond donors (Lipinski definition) is 0. The van der Waals surface area contributed by atoms with Gasteiger partial charge in [-0.25, -0.2) is 12.8 Å². The van der Waals surface area contributed by atoms with Crippen molar-refractivity contribution in [1.29, 1.82) is 0 Å². The first-order valence-corrected chi connectivity index (χ1v) is 10.2. The monoisotopic (exact) mass is 394 g/mol. The SMILES string of the molecule is COc1ccc(F)cc1S(=O)(=O)N1CCCC(COc2ccnc(C)c2)C1. The van der Waals surface area contributed by atoms with Crippen LogP contribution in [-0.2, 0) is 10.0 Å². The third-order valence-corrected chi connectivity index (χ3v) is 6.47. The number of piperidine rings is 1. The highest BCUT2D eigenvalue weighted by Crippen LogP contribution is 2.30. The second-order valence-corrected chi connectivity index (χ2v) is 8.52. The van der Waals surface area contributed by atoms with E-state index in [1.54, 1.807) is 12.3 Å². The summed E-state index contributed by atoms with van der Waals surface area (Å²) in [6.45, 7) is 3.02. The molecule has 0 aliphatic carbocycles. The van der Waals surface area contributed by atoms with E-state index in [-0.39, 0.29) is 16.6 Å². The molecule has 0 saturated carbocycles. The number of hydrogen-bond acceptors (Lipinski definition) is 5. The summed E-state index contributed by atoms with van der Waals surface area (Å²) < 4.78 is 52.0. The standard InChI is InChI=1S/C19H23FN2O4S/c1-14-10-17(7-8-21-14)26-13-15-4-3-9-22(12-15)27(23,24)19-11-16(20)5-6-18(19)25-2/h5-8,10-11,15H,3-4,9,12-13H2,1-2H3. The Morgan fingerprint density at radius 3 is 2.85 bits per heavy atom. The topological polar surface area (TPSA) is 68.7 Å². The van der Waals surface area contributed by atoms with Gasteiger partial charge in [0.25, 0.3) is 0 Å². The number of nitrogens with zero attached hydrogens (tertiary/aromatic N) is 2. The Morgan fingerprint density at radius 1 is 1.30 bits per heavy atom. The van der Waals surface area contributed by atoms with Crippen molar-refractivity contribution in [3.8, 4) is 11.5 Å². The minimum atomic E-state index is -3.85. The van der Waals surface area contributed by atoms with E-state index in [0.717, 1.165) is 24.6 Å². The van der Waals surface area contributed by atoms with Crippen molar-refractivity contribution in [2.45, 2.75) is 24.7 Å². The van der Waals surface area contributed by atoms with Crippen molar-refractivity contribution in [3.05, 3.63) is 48.0 Å². The minimum Gasteiger partial charge on any atom is -0.495 e. The summed E-state index contributed by atoms with van der Waals surface area (Å²) in [4.78, 5) is 3.98. The average Bonchev–Trinajstić information content (AvgIpc) is 2.66. The fraction of sp³-hybridized carbons (Fsp3) is 0.421. The van der Waals surface area contributed by atoms with Gasteiger partial charge in [0, 0.05) is 37.0 Å². The van der Waals surface area contributed by atoms with Gasteiger partial charge in [-0.3, -0.25) is 4.98 Å². The lowest BCUT2D eigenvalue weighted by atomic mass is 10.0. The lowest BCUT2D eigenvalue weighted by Crippen LogP contribution is -2.41. The van der Waals surface area contributed by atoms with Crippen molar-refractivity contribution in [2.24, 2.45) is 5.92 Å². The van der Waals surface area contributed by atoms with Crippen molar-refractivity contribution in [3.63, 3.8) is 0 Å². The molecule has 1 aliphatic rings. The van der Waals surface area contributed by atoms with E-state index < -0.39 is 15.8 Å². The third-order valence-electron chi connectivity index (χ3n) is 4.58. The van der Waals surface area contributed by atoms with Gasteiger partial charge in [-0.05, 0) is 44.0 Å². The molecule has 0 bridgehead atoms. The number of benzene rings is 1. The van der Waals surface area contributed by atoms with E-state index >= 15 is 0 Å². The number of sulfonamides is 1. The van der Waals surface area contributed by atoms with Crippen LogP contribution in [0.15, 0.2) is 41.4 Å². The molecule has 1 fully saturated rings. The molecule has 6 nitrogen and oxygen atoms in total. The number of aryl methyl sites for hydroxylation is 1. The maximum Gasteiger partial charge on any atom is 0.246 e. The zero-order chi connectivity index (χ0) is 19.4. The Hall–Kier alpha value is -2.19. The van der Waals surface area contributed by atoms with Crippen LogP contribution in [-0.4, -0.2) is 44.5 Å². The van der Waals surface area contributed by atoms with Crippen LogP contribution in [0.3, 0.4) is 0 Å². The highest BCUT2D eigenvalue weighted by Gasteiger charge is 2.32. The summed E-state index contributed by atoms with van der Waals surface area (Å²) in [5, 5.41) is 0. The van der Waals surface area contributed by atoms with Crippen molar-refractivity contribution < 1.29 is 22.3 Å². The molecule has 0 amide bonds. The molecular formula is C19H23FN2O4S. The Balaban J connectivity index is 1.72. The molecule has 1 unspecified atom stereocenters. The number of pyridine rings is 1. The summed E-state index contributed by atoms with van der Waals surface area (Å²) in [7, 11) is -2.48. The number of methoxy groups -OCH3 is 1. The smallest absolute Gasteiger partial charge is 0.246 e. The summed E-state index contributed by atoms with van der Waals surface area (Å²) in [5.74, 6) is 0.303. The van der Waals surface area contributed by atoms with Crippen molar-refractivity contribution >= 4 is 10.0 Å². The van der Waals surface area contributed by atoms with Gasteiger partial charge in [-0.1, -0.05) is 0 Å². The van der Waals surface area contributed by atoms with Crippen LogP contribution in [0.2, 0.25) is 0 Å². The zero-order valence-corrected chi connectivity index (χ0v) is 16.2. The van der Waals surface area contributed by atoms with Crippen molar-refractivity contribution in [1.82, 2.24) is 9.29 Å². The Bertz CT molecular complexity index is 904. The molecule has 2 heterocycles. The largest absolute Gasteiger partial charge is 0.495 e. The van der Waals surface area contributed by atoms with Crippen LogP contribution >= 0.6 is 0 Å². The predicted molar refractivity (Wildman–Crippen MR) is 98.9 cm³/mol. The van der Waals surface area contributed by atoms with Crippen LogP contribution in [0.1, 0.15) is 18.5 Å². The molecule has 146 valence electrons. The van der Waals surface area contributed by atoms with E-state index in [9.17, 15) is 12.8 Å². The first-order chi connectivity index (χ1) is 12.9. The van der Waals surface area contributed by atoms with Gasteiger partial charge in [0.1, 0.15) is 22.2 Å². The van der Waals surface area contributed by atoms with E-state index in [1.807, 2.05) is 13.0 Å². The quantitative estimate of drug-likeness (QED) is 0.753. The summed E-state index contributed by atoms with van der Waals surface area (Å²) in [6, 6.07) is 7.14. The second kappa shape index (κ2) is 8.22. The lowest BCUT2D eigenvalue weighted by molar-refractivity contribution is 0.180. The average molecular weight is 394 g/mol. The lowest BCUT2D eigenvalue weighted by Gasteiger charge is -2.32. The fourth-order valence-electron chi connectivity index (χ4n) is 3.20. The maximum atomic E-state index is 13.6. The molecule has 0 radical (unpaired) electrons. The minimum absolute atomic E-state index is 0.0570. The predicted octanol–water partition coefficient (Wildman–Crippen LogP) is 3.02. The van der Waals surface area contributed by atoms with Crippen LogP contribution in [0.4, 0.5) is 4.39 Å². The Kier molecular flexibility index (Phi) is 5.96. The molecule has 1 saturated heterocycles. The second-order valence-electron chi connectivity index (χ2n) is 6.61. The highest BCUT2D eigenvalue weighted by atomic mass is 32.2. The third kappa shape index (κ3) is 4.56. The van der Waals surface area contributed by atoms with Crippen LogP contribution in [0.25, 0.3) is 0 Å². The summed E-state index contributed by atoms with van der Waals surface area (Å²) in [5.41, 5.74) is 0.860. The molecule has 2 aromatic rings. The van der Waals surface area contributed by atoms with E-state index in [4.69, 9.17) is 9.47 Å². The fourth-order valence-corrected chi connectivity index (χ4v) is 4.92.